The molecule has 2 aliphatic heterocycles. The molecular formula is C15H29N3O. The van der Waals surface area contributed by atoms with Crippen LogP contribution < -0.4 is 10.6 Å². The predicted molar refractivity (Wildman–Crippen MR) is 78.1 cm³/mol. The molecule has 2 atom stereocenters. The summed E-state index contributed by atoms with van der Waals surface area (Å²) in [5, 5.41) is 6.57. The average Bonchev–Trinajstić information content (AvgIpc) is 2.80. The molecule has 2 aliphatic rings. The van der Waals surface area contributed by atoms with Crippen LogP contribution in [0.5, 0.6) is 0 Å². The van der Waals surface area contributed by atoms with Crippen LogP contribution in [0.15, 0.2) is 0 Å². The molecule has 19 heavy (non-hydrogen) atoms. The highest BCUT2D eigenvalue weighted by atomic mass is 16.2. The van der Waals surface area contributed by atoms with Gasteiger partial charge in [-0.1, -0.05) is 13.8 Å². The highest BCUT2D eigenvalue weighted by molar-refractivity contribution is 5.83. The lowest BCUT2D eigenvalue weighted by Crippen LogP contribution is -2.57. The molecule has 1 amide bonds. The minimum absolute atomic E-state index is 0.0396. The molecule has 0 radical (unpaired) electrons. The van der Waals surface area contributed by atoms with Gasteiger partial charge in [0.05, 0.1) is 6.04 Å². The number of carbonyl (C=O) groups excluding carboxylic acids is 1. The largest absolute Gasteiger partial charge is 0.351 e. The minimum atomic E-state index is -0.0396. The van der Waals surface area contributed by atoms with Crippen LogP contribution in [0.2, 0.25) is 0 Å². The number of nitrogens with zero attached hydrogens (tertiary/aromatic N) is 1. The molecule has 2 unspecified atom stereocenters. The van der Waals surface area contributed by atoms with Crippen molar-refractivity contribution in [2.45, 2.75) is 58.5 Å². The minimum Gasteiger partial charge on any atom is -0.351 e. The Morgan fingerprint density at radius 3 is 2.68 bits per heavy atom. The second kappa shape index (κ2) is 6.23. The van der Waals surface area contributed by atoms with E-state index in [9.17, 15) is 4.79 Å². The number of hydrogen-bond acceptors (Lipinski definition) is 3. The van der Waals surface area contributed by atoms with Gasteiger partial charge in [-0.15, -0.1) is 0 Å². The van der Waals surface area contributed by atoms with Gasteiger partial charge in [0.2, 0.25) is 5.91 Å². The molecule has 2 saturated heterocycles. The maximum absolute atomic E-state index is 12.4. The molecule has 0 aromatic carbocycles. The first-order valence-corrected chi connectivity index (χ1v) is 7.75. The third kappa shape index (κ3) is 3.93. The molecule has 0 saturated carbocycles. The lowest BCUT2D eigenvalue weighted by Gasteiger charge is -2.39. The van der Waals surface area contributed by atoms with Crippen molar-refractivity contribution in [2.75, 3.05) is 26.2 Å². The summed E-state index contributed by atoms with van der Waals surface area (Å²) in [6.07, 6.45) is 4.90. The fraction of sp³-hybridized carbons (Fsp3) is 0.933. The normalized spacial score (nSPS) is 29.1. The van der Waals surface area contributed by atoms with Crippen LogP contribution in [0.4, 0.5) is 0 Å². The van der Waals surface area contributed by atoms with Crippen molar-refractivity contribution in [3.63, 3.8) is 0 Å². The number of hydrogen-bond donors (Lipinski definition) is 2. The van der Waals surface area contributed by atoms with Crippen molar-refractivity contribution in [2.24, 2.45) is 5.41 Å². The molecule has 0 bridgehead atoms. The van der Waals surface area contributed by atoms with Gasteiger partial charge in [-0.2, -0.15) is 0 Å². The monoisotopic (exact) mass is 267 g/mol. The van der Waals surface area contributed by atoms with Gasteiger partial charge >= 0.3 is 0 Å². The third-order valence-electron chi connectivity index (χ3n) is 4.51. The molecule has 2 rings (SSSR count). The summed E-state index contributed by atoms with van der Waals surface area (Å²) >= 11 is 0. The Morgan fingerprint density at radius 1 is 1.37 bits per heavy atom. The van der Waals surface area contributed by atoms with Crippen molar-refractivity contribution >= 4 is 5.91 Å². The first-order valence-electron chi connectivity index (χ1n) is 7.75. The zero-order chi connectivity index (χ0) is 13.9. The first kappa shape index (κ1) is 14.8. The van der Waals surface area contributed by atoms with Crippen LogP contribution >= 0.6 is 0 Å². The molecule has 110 valence electrons. The Balaban J connectivity index is 1.81. The predicted octanol–water partition coefficient (Wildman–Crippen LogP) is 1.37. The van der Waals surface area contributed by atoms with E-state index < -0.39 is 0 Å². The fourth-order valence-corrected chi connectivity index (χ4v) is 3.38. The van der Waals surface area contributed by atoms with E-state index in [-0.39, 0.29) is 23.4 Å². The number of carbonyl (C=O) groups is 1. The molecule has 2 N–H and O–H groups in total. The number of amides is 1. The van der Waals surface area contributed by atoms with Crippen molar-refractivity contribution in [1.82, 2.24) is 15.5 Å². The molecule has 4 nitrogen and oxygen atoms in total. The maximum Gasteiger partial charge on any atom is 0.237 e. The van der Waals surface area contributed by atoms with Crippen LogP contribution in [0.25, 0.3) is 0 Å². The quantitative estimate of drug-likeness (QED) is 0.808. The van der Waals surface area contributed by atoms with Crippen molar-refractivity contribution in [1.29, 1.82) is 0 Å². The van der Waals surface area contributed by atoms with Crippen LogP contribution in [0.3, 0.4) is 0 Å². The van der Waals surface area contributed by atoms with Gasteiger partial charge in [-0.25, -0.2) is 0 Å². The Bertz CT molecular complexity index is 311. The van der Waals surface area contributed by atoms with Crippen LogP contribution in [0, 0.1) is 5.41 Å². The number of piperidine rings is 1. The molecule has 2 heterocycles. The Kier molecular flexibility index (Phi) is 4.85. The van der Waals surface area contributed by atoms with Crippen LogP contribution in [0.1, 0.15) is 46.5 Å². The summed E-state index contributed by atoms with van der Waals surface area (Å²) in [6, 6.07) is 0.201. The van der Waals surface area contributed by atoms with Crippen LogP contribution in [-0.4, -0.2) is 49.1 Å². The Hall–Kier alpha value is -0.610. The second-order valence-corrected chi connectivity index (χ2v) is 6.90. The van der Waals surface area contributed by atoms with E-state index in [4.69, 9.17) is 0 Å². The number of nitrogens with one attached hydrogen (secondary N) is 2. The molecular weight excluding hydrogens is 238 g/mol. The molecule has 0 spiro atoms. The molecule has 4 heteroatoms. The van der Waals surface area contributed by atoms with Gasteiger partial charge in [0.1, 0.15) is 0 Å². The summed E-state index contributed by atoms with van der Waals surface area (Å²) in [7, 11) is 0. The Morgan fingerprint density at radius 2 is 2.05 bits per heavy atom. The van der Waals surface area contributed by atoms with E-state index >= 15 is 0 Å². The number of likely N-dealkylation sites (tertiary alicyclic amines) is 1. The molecule has 0 aliphatic carbocycles. The van der Waals surface area contributed by atoms with E-state index in [1.54, 1.807) is 0 Å². The summed E-state index contributed by atoms with van der Waals surface area (Å²) in [4.78, 5) is 14.9. The Labute approximate surface area is 117 Å². The smallest absolute Gasteiger partial charge is 0.237 e. The van der Waals surface area contributed by atoms with Crippen molar-refractivity contribution < 1.29 is 4.79 Å². The lowest BCUT2D eigenvalue weighted by molar-refractivity contribution is -0.127. The van der Waals surface area contributed by atoms with E-state index in [0.29, 0.717) is 0 Å². The van der Waals surface area contributed by atoms with Gasteiger partial charge in [0.25, 0.3) is 0 Å². The topological polar surface area (TPSA) is 44.4 Å². The van der Waals surface area contributed by atoms with Gasteiger partial charge in [-0.05, 0) is 57.7 Å². The van der Waals surface area contributed by atoms with E-state index in [1.807, 2.05) is 0 Å². The molecule has 2 fully saturated rings. The summed E-state index contributed by atoms with van der Waals surface area (Å²) in [5.74, 6) is 0.177. The summed E-state index contributed by atoms with van der Waals surface area (Å²) in [5.41, 5.74) is 0.0652. The summed E-state index contributed by atoms with van der Waals surface area (Å²) in [6.45, 7) is 10.8. The van der Waals surface area contributed by atoms with Gasteiger partial charge < -0.3 is 15.5 Å². The SMILES string of the molecule is CC(CN1CCCC1)NC(=O)C1NCCCC1(C)C. The zero-order valence-electron chi connectivity index (χ0n) is 12.7. The van der Waals surface area contributed by atoms with Crippen LogP contribution in [-0.2, 0) is 4.79 Å². The van der Waals surface area contributed by atoms with Crippen molar-refractivity contribution in [3.05, 3.63) is 0 Å². The zero-order valence-corrected chi connectivity index (χ0v) is 12.7. The first-order chi connectivity index (χ1) is 8.99. The highest BCUT2D eigenvalue weighted by Gasteiger charge is 2.37. The lowest BCUT2D eigenvalue weighted by atomic mass is 9.77. The third-order valence-corrected chi connectivity index (χ3v) is 4.51. The highest BCUT2D eigenvalue weighted by Crippen LogP contribution is 2.30. The maximum atomic E-state index is 12.4. The van der Waals surface area contributed by atoms with Gasteiger partial charge in [0, 0.05) is 12.6 Å². The van der Waals surface area contributed by atoms with Crippen molar-refractivity contribution in [3.8, 4) is 0 Å². The van der Waals surface area contributed by atoms with E-state index in [1.165, 1.54) is 32.4 Å². The van der Waals surface area contributed by atoms with E-state index in [0.717, 1.165) is 19.5 Å². The molecule has 0 aromatic heterocycles. The summed E-state index contributed by atoms with van der Waals surface area (Å²) < 4.78 is 0. The second-order valence-electron chi connectivity index (χ2n) is 6.90. The van der Waals surface area contributed by atoms with Gasteiger partial charge in [0.15, 0.2) is 0 Å². The van der Waals surface area contributed by atoms with E-state index in [2.05, 4.69) is 36.3 Å². The van der Waals surface area contributed by atoms with Gasteiger partial charge in [-0.3, -0.25) is 4.79 Å². The average molecular weight is 267 g/mol. The standard InChI is InChI=1S/C15H29N3O/c1-12(11-18-9-4-5-10-18)17-14(19)13-15(2,3)7-6-8-16-13/h12-13,16H,4-11H2,1-3H3,(H,17,19). The molecule has 0 aromatic rings. The number of rotatable bonds is 4. The fourth-order valence-electron chi connectivity index (χ4n) is 3.38.